The average molecular weight is 239 g/mol. The molecule has 96 valence electrons. The summed E-state index contributed by atoms with van der Waals surface area (Å²) in [6.07, 6.45) is 4.53. The summed E-state index contributed by atoms with van der Waals surface area (Å²) >= 11 is 0. The molecule has 2 rings (SSSR count). The van der Waals surface area contributed by atoms with Crippen LogP contribution >= 0.6 is 0 Å². The first-order valence-corrected chi connectivity index (χ1v) is 6.61. The van der Waals surface area contributed by atoms with Crippen LogP contribution in [0.1, 0.15) is 39.0 Å². The van der Waals surface area contributed by atoms with Crippen molar-refractivity contribution in [3.05, 3.63) is 0 Å². The van der Waals surface area contributed by atoms with Gasteiger partial charge in [0.25, 0.3) is 0 Å². The monoisotopic (exact) mass is 239 g/mol. The molecule has 0 aromatic rings. The van der Waals surface area contributed by atoms with Gasteiger partial charge in [-0.2, -0.15) is 0 Å². The van der Waals surface area contributed by atoms with Crippen molar-refractivity contribution in [2.45, 2.75) is 39.0 Å². The van der Waals surface area contributed by atoms with Crippen molar-refractivity contribution in [1.29, 1.82) is 0 Å². The zero-order chi connectivity index (χ0) is 12.4. The fourth-order valence-electron chi connectivity index (χ4n) is 3.03. The Bertz CT molecular complexity index is 292. The molecule has 1 N–H and O–H groups in total. The molecule has 0 aromatic heterocycles. The van der Waals surface area contributed by atoms with Crippen LogP contribution in [-0.4, -0.2) is 35.0 Å². The number of nitrogens with zero attached hydrogens (tertiary/aromatic N) is 1. The van der Waals surface area contributed by atoms with Crippen molar-refractivity contribution in [1.82, 2.24) is 4.90 Å². The molecule has 0 aromatic carbocycles. The molecule has 4 nitrogen and oxygen atoms in total. The fourth-order valence-corrected chi connectivity index (χ4v) is 3.03. The summed E-state index contributed by atoms with van der Waals surface area (Å²) in [7, 11) is 0. The first kappa shape index (κ1) is 12.6. The number of carbonyl (C=O) groups is 2. The minimum atomic E-state index is -0.0439. The summed E-state index contributed by atoms with van der Waals surface area (Å²) in [4.78, 5) is 25.7. The van der Waals surface area contributed by atoms with E-state index in [1.165, 1.54) is 4.90 Å². The quantitative estimate of drug-likeness (QED) is 0.749. The minimum absolute atomic E-state index is 0.0319. The molecule has 0 spiro atoms. The highest BCUT2D eigenvalue weighted by atomic mass is 16.3. The van der Waals surface area contributed by atoms with E-state index >= 15 is 0 Å². The number of carbonyl (C=O) groups excluding carboxylic acids is 2. The van der Waals surface area contributed by atoms with Crippen LogP contribution in [0.3, 0.4) is 0 Å². The number of hydrogen-bond acceptors (Lipinski definition) is 3. The van der Waals surface area contributed by atoms with Crippen molar-refractivity contribution in [2.24, 2.45) is 17.8 Å². The predicted molar refractivity (Wildman–Crippen MR) is 63.0 cm³/mol. The van der Waals surface area contributed by atoms with Gasteiger partial charge in [0, 0.05) is 13.2 Å². The minimum Gasteiger partial charge on any atom is -0.396 e. The van der Waals surface area contributed by atoms with Gasteiger partial charge in [-0.1, -0.05) is 19.8 Å². The van der Waals surface area contributed by atoms with Crippen LogP contribution in [0.4, 0.5) is 0 Å². The number of amides is 2. The molecule has 3 atom stereocenters. The van der Waals surface area contributed by atoms with Crippen LogP contribution < -0.4 is 0 Å². The van der Waals surface area contributed by atoms with Gasteiger partial charge in [-0.25, -0.2) is 0 Å². The first-order chi connectivity index (χ1) is 8.15. The van der Waals surface area contributed by atoms with Crippen LogP contribution in [0.15, 0.2) is 0 Å². The maximum Gasteiger partial charge on any atom is 0.233 e. The zero-order valence-electron chi connectivity index (χ0n) is 10.4. The Kier molecular flexibility index (Phi) is 3.82. The molecular weight excluding hydrogens is 218 g/mol. The highest BCUT2D eigenvalue weighted by Gasteiger charge is 2.47. The molecule has 1 saturated carbocycles. The molecule has 2 fully saturated rings. The van der Waals surface area contributed by atoms with Gasteiger partial charge in [0.2, 0.25) is 11.8 Å². The van der Waals surface area contributed by atoms with Crippen molar-refractivity contribution in [2.75, 3.05) is 13.2 Å². The molecule has 17 heavy (non-hydrogen) atoms. The number of hydrogen-bond donors (Lipinski definition) is 1. The lowest BCUT2D eigenvalue weighted by molar-refractivity contribution is -0.140. The smallest absolute Gasteiger partial charge is 0.233 e. The lowest BCUT2D eigenvalue weighted by atomic mass is 9.81. The van der Waals surface area contributed by atoms with E-state index in [9.17, 15) is 9.59 Å². The Labute approximate surface area is 102 Å². The van der Waals surface area contributed by atoms with Crippen LogP contribution in [0.2, 0.25) is 0 Å². The predicted octanol–water partition coefficient (Wildman–Crippen LogP) is 1.18. The highest BCUT2D eigenvalue weighted by molar-refractivity contribution is 6.05. The second-order valence-electron chi connectivity index (χ2n) is 5.40. The third kappa shape index (κ3) is 2.37. The Morgan fingerprint density at radius 1 is 1.24 bits per heavy atom. The molecule has 1 heterocycles. The fraction of sp³-hybridized carbons (Fsp3) is 0.846. The summed E-state index contributed by atoms with van der Waals surface area (Å²) in [6.45, 7) is 2.56. The summed E-state index contributed by atoms with van der Waals surface area (Å²) in [6, 6.07) is 0. The van der Waals surface area contributed by atoms with Gasteiger partial charge in [-0.3, -0.25) is 14.5 Å². The maximum absolute atomic E-state index is 12.1. The largest absolute Gasteiger partial charge is 0.396 e. The standard InChI is InChI=1S/C13H21NO3/c1-9(6-7-15)8-14-12(16)10-4-2-3-5-11(10)13(14)17/h9-11,15H,2-8H2,1H3. The number of imide groups is 1. The Morgan fingerprint density at radius 2 is 1.76 bits per heavy atom. The van der Waals surface area contributed by atoms with Gasteiger partial charge in [-0.05, 0) is 25.2 Å². The molecule has 0 bridgehead atoms. The van der Waals surface area contributed by atoms with Gasteiger partial charge in [-0.15, -0.1) is 0 Å². The van der Waals surface area contributed by atoms with E-state index in [4.69, 9.17) is 5.11 Å². The molecule has 1 saturated heterocycles. The van der Waals surface area contributed by atoms with E-state index in [0.29, 0.717) is 13.0 Å². The topological polar surface area (TPSA) is 57.6 Å². The third-order valence-electron chi connectivity index (χ3n) is 4.05. The number of rotatable bonds is 4. The van der Waals surface area contributed by atoms with E-state index in [2.05, 4.69) is 0 Å². The van der Waals surface area contributed by atoms with Gasteiger partial charge < -0.3 is 5.11 Å². The van der Waals surface area contributed by atoms with Crippen molar-refractivity contribution >= 4 is 11.8 Å². The number of aliphatic hydroxyl groups excluding tert-OH is 1. The summed E-state index contributed by atoms with van der Waals surface area (Å²) in [5.74, 6) is 0.164. The summed E-state index contributed by atoms with van der Waals surface area (Å²) in [5.41, 5.74) is 0. The second kappa shape index (κ2) is 5.17. The Balaban J connectivity index is 2.03. The second-order valence-corrected chi connectivity index (χ2v) is 5.40. The van der Waals surface area contributed by atoms with E-state index in [-0.39, 0.29) is 36.2 Å². The van der Waals surface area contributed by atoms with Crippen LogP contribution in [0.25, 0.3) is 0 Å². The lowest BCUT2D eigenvalue weighted by Crippen LogP contribution is -2.35. The molecule has 3 unspecified atom stereocenters. The summed E-state index contributed by atoms with van der Waals surface area (Å²) < 4.78 is 0. The summed E-state index contributed by atoms with van der Waals surface area (Å²) in [5, 5.41) is 8.86. The van der Waals surface area contributed by atoms with Crippen molar-refractivity contribution < 1.29 is 14.7 Å². The maximum atomic E-state index is 12.1. The molecule has 1 aliphatic carbocycles. The Morgan fingerprint density at radius 3 is 2.24 bits per heavy atom. The van der Waals surface area contributed by atoms with E-state index in [1.807, 2.05) is 6.92 Å². The van der Waals surface area contributed by atoms with E-state index in [1.54, 1.807) is 0 Å². The molecule has 0 radical (unpaired) electrons. The first-order valence-electron chi connectivity index (χ1n) is 6.61. The normalized spacial score (nSPS) is 30.6. The number of likely N-dealkylation sites (tertiary alicyclic amines) is 1. The molecular formula is C13H21NO3. The number of aliphatic hydroxyl groups is 1. The van der Waals surface area contributed by atoms with Crippen molar-refractivity contribution in [3.8, 4) is 0 Å². The van der Waals surface area contributed by atoms with Crippen molar-refractivity contribution in [3.63, 3.8) is 0 Å². The van der Waals surface area contributed by atoms with Gasteiger partial charge >= 0.3 is 0 Å². The van der Waals surface area contributed by atoms with Gasteiger partial charge in [0.05, 0.1) is 11.8 Å². The molecule has 2 amide bonds. The highest BCUT2D eigenvalue weighted by Crippen LogP contribution is 2.38. The molecule has 2 aliphatic rings. The van der Waals surface area contributed by atoms with Crippen LogP contribution in [-0.2, 0) is 9.59 Å². The average Bonchev–Trinajstić information content (AvgIpc) is 2.56. The number of fused-ring (bicyclic) bond motifs is 1. The SMILES string of the molecule is CC(CCO)CN1C(=O)C2CCCCC2C1=O. The Hall–Kier alpha value is -0.900. The molecule has 4 heteroatoms. The van der Waals surface area contributed by atoms with Crippen LogP contribution in [0.5, 0.6) is 0 Å². The molecule has 1 aliphatic heterocycles. The van der Waals surface area contributed by atoms with Gasteiger partial charge in [0.1, 0.15) is 0 Å². The van der Waals surface area contributed by atoms with Crippen LogP contribution in [0, 0.1) is 17.8 Å². The van der Waals surface area contributed by atoms with E-state index < -0.39 is 0 Å². The zero-order valence-corrected chi connectivity index (χ0v) is 10.4. The van der Waals surface area contributed by atoms with Gasteiger partial charge in [0.15, 0.2) is 0 Å². The third-order valence-corrected chi connectivity index (χ3v) is 4.05. The van der Waals surface area contributed by atoms with E-state index in [0.717, 1.165) is 25.7 Å². The lowest BCUT2D eigenvalue weighted by Gasteiger charge is -2.19.